The molecule has 152 valence electrons. The van der Waals surface area contributed by atoms with Gasteiger partial charge in [-0.05, 0) is 24.9 Å². The molecule has 0 amide bonds. The molecule has 2 rings (SSSR count). The minimum atomic E-state index is -1.91. The highest BCUT2D eigenvalue weighted by atomic mass is 28.3. The quantitative estimate of drug-likeness (QED) is 0.285. The van der Waals surface area contributed by atoms with E-state index < -0.39 is 8.40 Å². The molecule has 0 aromatic carbocycles. The molecule has 4 nitrogen and oxygen atoms in total. The van der Waals surface area contributed by atoms with Gasteiger partial charge in [0.15, 0.2) is 0 Å². The first kappa shape index (κ1) is 21.9. The van der Waals surface area contributed by atoms with Crippen molar-refractivity contribution in [1.82, 2.24) is 18.4 Å². The van der Waals surface area contributed by atoms with E-state index in [-0.39, 0.29) is 0 Å². The molecule has 0 radical (unpaired) electrons. The highest BCUT2D eigenvalue weighted by Crippen LogP contribution is 2.25. The second kappa shape index (κ2) is 11.5. The van der Waals surface area contributed by atoms with Crippen LogP contribution in [-0.2, 0) is 12.8 Å². The number of aromatic nitrogens is 4. The maximum absolute atomic E-state index is 4.77. The number of imidazole rings is 2. The summed E-state index contributed by atoms with van der Waals surface area (Å²) in [6.45, 7) is 9.26. The van der Waals surface area contributed by atoms with E-state index in [1.807, 2.05) is 12.4 Å². The molecule has 2 heterocycles. The molecule has 0 N–H and O–H groups in total. The molecule has 2 aromatic rings. The van der Waals surface area contributed by atoms with Crippen molar-refractivity contribution in [3.63, 3.8) is 0 Å². The fourth-order valence-electron chi connectivity index (χ4n) is 4.26. The standard InChI is InChI=1S/C22H40N4Si/c1-5-9-11-13-15-21-23-17-19-25(21)27(7-3,8-4)26-20-18-24-22(26)16-14-12-10-6-2/h17-20H,5-16H2,1-4H3. The Morgan fingerprint density at radius 1 is 0.667 bits per heavy atom. The van der Waals surface area contributed by atoms with Crippen LogP contribution in [0, 0.1) is 0 Å². The molecule has 0 atom stereocenters. The Morgan fingerprint density at radius 3 is 1.48 bits per heavy atom. The minimum Gasteiger partial charge on any atom is -0.343 e. The summed E-state index contributed by atoms with van der Waals surface area (Å²) in [4.78, 5) is 9.53. The molecular formula is C22H40N4Si. The first-order valence-electron chi connectivity index (χ1n) is 11.3. The van der Waals surface area contributed by atoms with Gasteiger partial charge in [-0.15, -0.1) is 0 Å². The third-order valence-corrected chi connectivity index (χ3v) is 10.8. The van der Waals surface area contributed by atoms with Crippen molar-refractivity contribution >= 4 is 8.40 Å². The van der Waals surface area contributed by atoms with Gasteiger partial charge in [-0.1, -0.05) is 66.2 Å². The maximum Gasteiger partial charge on any atom is 0.273 e. The Balaban J connectivity index is 2.24. The topological polar surface area (TPSA) is 35.6 Å². The zero-order valence-electron chi connectivity index (χ0n) is 18.1. The molecule has 5 heteroatoms. The Labute approximate surface area is 167 Å². The van der Waals surface area contributed by atoms with Crippen LogP contribution >= 0.6 is 0 Å². The van der Waals surface area contributed by atoms with Crippen molar-refractivity contribution in [2.75, 3.05) is 0 Å². The van der Waals surface area contributed by atoms with E-state index in [0.717, 1.165) is 12.8 Å². The van der Waals surface area contributed by atoms with E-state index >= 15 is 0 Å². The number of rotatable bonds is 14. The molecule has 0 spiro atoms. The lowest BCUT2D eigenvalue weighted by molar-refractivity contribution is 0.641. The number of nitrogens with zero attached hydrogens (tertiary/aromatic N) is 4. The van der Waals surface area contributed by atoms with Crippen molar-refractivity contribution in [2.24, 2.45) is 0 Å². The fraction of sp³-hybridized carbons (Fsp3) is 0.727. The summed E-state index contributed by atoms with van der Waals surface area (Å²) >= 11 is 0. The fourth-order valence-corrected chi connectivity index (χ4v) is 8.35. The Kier molecular flexibility index (Phi) is 9.32. The summed E-state index contributed by atoms with van der Waals surface area (Å²) in [5.74, 6) is 2.57. The van der Waals surface area contributed by atoms with Gasteiger partial charge in [0.05, 0.1) is 0 Å². The third kappa shape index (κ3) is 5.34. The second-order valence-electron chi connectivity index (χ2n) is 7.74. The van der Waals surface area contributed by atoms with Crippen molar-refractivity contribution in [2.45, 2.75) is 104 Å². The van der Waals surface area contributed by atoms with E-state index in [4.69, 9.17) is 9.97 Å². The van der Waals surface area contributed by atoms with Crippen LogP contribution in [-0.4, -0.2) is 26.8 Å². The summed E-state index contributed by atoms with van der Waals surface area (Å²) in [6, 6.07) is 2.36. The summed E-state index contributed by atoms with van der Waals surface area (Å²) in [5, 5.41) is 0. The lowest BCUT2D eigenvalue weighted by atomic mass is 10.1. The van der Waals surface area contributed by atoms with E-state index in [1.54, 1.807) is 0 Å². The molecule has 0 bridgehead atoms. The van der Waals surface area contributed by atoms with Gasteiger partial charge in [0, 0.05) is 37.6 Å². The van der Waals surface area contributed by atoms with E-state index in [9.17, 15) is 0 Å². The van der Waals surface area contributed by atoms with Crippen LogP contribution in [0.2, 0.25) is 12.1 Å². The molecule has 0 unspecified atom stereocenters. The third-order valence-electron chi connectivity index (χ3n) is 5.97. The summed E-state index contributed by atoms with van der Waals surface area (Å²) in [6.07, 6.45) is 21.1. The largest absolute Gasteiger partial charge is 0.343 e. The number of hydrogen-bond donors (Lipinski definition) is 0. The highest BCUT2D eigenvalue weighted by Gasteiger charge is 2.37. The van der Waals surface area contributed by atoms with Crippen LogP contribution in [0.15, 0.2) is 24.8 Å². The highest BCUT2D eigenvalue weighted by molar-refractivity contribution is 6.76. The van der Waals surface area contributed by atoms with Gasteiger partial charge < -0.3 is 8.47 Å². The predicted octanol–water partition coefficient (Wildman–Crippen LogP) is 6.20. The Hall–Kier alpha value is -1.36. The molecule has 0 aliphatic carbocycles. The summed E-state index contributed by atoms with van der Waals surface area (Å²) in [5.41, 5.74) is 0. The maximum atomic E-state index is 4.77. The van der Waals surface area contributed by atoms with Gasteiger partial charge >= 0.3 is 0 Å². The number of aryl methyl sites for hydroxylation is 2. The normalized spacial score (nSPS) is 12.0. The van der Waals surface area contributed by atoms with Gasteiger partial charge in [-0.25, -0.2) is 9.97 Å². The lowest BCUT2D eigenvalue weighted by Gasteiger charge is -2.34. The van der Waals surface area contributed by atoms with Gasteiger partial charge in [-0.2, -0.15) is 0 Å². The van der Waals surface area contributed by atoms with Crippen LogP contribution in [0.25, 0.3) is 0 Å². The van der Waals surface area contributed by atoms with Crippen molar-refractivity contribution < 1.29 is 0 Å². The van der Waals surface area contributed by atoms with Crippen LogP contribution in [0.5, 0.6) is 0 Å². The zero-order chi connectivity index (χ0) is 19.5. The molecule has 0 fully saturated rings. The SMILES string of the molecule is CCCCCCc1nccn1[Si](CC)(CC)n1ccnc1CCCCCC. The summed E-state index contributed by atoms with van der Waals surface area (Å²) < 4.78 is 5.16. The molecule has 0 saturated heterocycles. The van der Waals surface area contributed by atoms with Crippen LogP contribution < -0.4 is 0 Å². The lowest BCUT2D eigenvalue weighted by Crippen LogP contribution is -2.51. The van der Waals surface area contributed by atoms with E-state index in [1.165, 1.54) is 75.1 Å². The van der Waals surface area contributed by atoms with Gasteiger partial charge in [0.2, 0.25) is 0 Å². The number of unbranched alkanes of at least 4 members (excludes halogenated alkanes) is 6. The molecular weight excluding hydrogens is 348 g/mol. The minimum absolute atomic E-state index is 1.10. The smallest absolute Gasteiger partial charge is 0.273 e. The Morgan fingerprint density at radius 2 is 1.11 bits per heavy atom. The second-order valence-corrected chi connectivity index (χ2v) is 12.1. The first-order valence-corrected chi connectivity index (χ1v) is 13.6. The Bertz CT molecular complexity index is 590. The molecule has 2 aromatic heterocycles. The summed E-state index contributed by atoms with van der Waals surface area (Å²) in [7, 11) is -1.91. The zero-order valence-corrected chi connectivity index (χ0v) is 19.1. The average Bonchev–Trinajstić information content (AvgIpc) is 3.35. The molecule has 0 aliphatic heterocycles. The first-order chi connectivity index (χ1) is 13.2. The monoisotopic (exact) mass is 388 g/mol. The van der Waals surface area contributed by atoms with Crippen LogP contribution in [0.1, 0.15) is 90.7 Å². The molecule has 27 heavy (non-hydrogen) atoms. The van der Waals surface area contributed by atoms with Gasteiger partial charge in [0.25, 0.3) is 8.40 Å². The van der Waals surface area contributed by atoms with E-state index in [2.05, 4.69) is 48.6 Å². The molecule has 0 saturated carbocycles. The van der Waals surface area contributed by atoms with Gasteiger partial charge in [-0.3, -0.25) is 0 Å². The van der Waals surface area contributed by atoms with Crippen LogP contribution in [0.4, 0.5) is 0 Å². The predicted molar refractivity (Wildman–Crippen MR) is 118 cm³/mol. The van der Waals surface area contributed by atoms with E-state index in [0.29, 0.717) is 0 Å². The van der Waals surface area contributed by atoms with Crippen molar-refractivity contribution in [1.29, 1.82) is 0 Å². The van der Waals surface area contributed by atoms with Crippen LogP contribution in [0.3, 0.4) is 0 Å². The average molecular weight is 389 g/mol. The van der Waals surface area contributed by atoms with Crippen molar-refractivity contribution in [3.05, 3.63) is 36.4 Å². The van der Waals surface area contributed by atoms with Crippen molar-refractivity contribution in [3.8, 4) is 0 Å². The molecule has 0 aliphatic rings. The number of hydrogen-bond acceptors (Lipinski definition) is 2. The van der Waals surface area contributed by atoms with Gasteiger partial charge in [0.1, 0.15) is 11.6 Å².